The quantitative estimate of drug-likeness (QED) is 0.711. The molecular weight excluding hydrogens is 192 g/mol. The summed E-state index contributed by atoms with van der Waals surface area (Å²) in [5, 5.41) is 11.8. The Bertz CT molecular complexity index is 233. The Morgan fingerprint density at radius 2 is 1.93 bits per heavy atom. The zero-order valence-corrected chi connectivity index (χ0v) is 9.00. The molecule has 4 nitrogen and oxygen atoms in total. The second kappa shape index (κ2) is 4.93. The smallest absolute Gasteiger partial charge is 0.168 e. The Morgan fingerprint density at radius 3 is 2.53 bits per heavy atom. The lowest BCUT2D eigenvalue weighted by atomic mass is 9.90. The lowest BCUT2D eigenvalue weighted by Crippen LogP contribution is -2.42. The Hall–Kier alpha value is -0.630. The molecule has 1 spiro atoms. The molecule has 1 saturated carbocycles. The highest BCUT2D eigenvalue weighted by Gasteiger charge is 2.39. The molecule has 4 heteroatoms. The summed E-state index contributed by atoms with van der Waals surface area (Å²) in [6.45, 7) is 2.29. The fraction of sp³-hybridized carbons (Fsp3) is 0.909. The lowest BCUT2D eigenvalue weighted by molar-refractivity contribution is -0.179. The molecule has 0 amide bonds. The van der Waals surface area contributed by atoms with Gasteiger partial charge < -0.3 is 14.8 Å². The van der Waals surface area contributed by atoms with E-state index in [1.54, 1.807) is 0 Å². The van der Waals surface area contributed by atoms with Gasteiger partial charge in [0.15, 0.2) is 5.79 Å². The van der Waals surface area contributed by atoms with Crippen LogP contribution in [0.25, 0.3) is 0 Å². The standard InChI is InChI=1S/C11H18N2O2/c12-6-1-7-13-10-2-4-11(5-3-10)14-8-9-15-11/h10,13H,1-5,7-9H2. The van der Waals surface area contributed by atoms with E-state index in [2.05, 4.69) is 11.4 Å². The Balaban J connectivity index is 1.70. The Labute approximate surface area is 90.5 Å². The van der Waals surface area contributed by atoms with Gasteiger partial charge in [0.1, 0.15) is 0 Å². The van der Waals surface area contributed by atoms with Gasteiger partial charge in [-0.3, -0.25) is 0 Å². The normalized spacial score (nSPS) is 25.5. The molecule has 84 valence electrons. The number of nitrogens with zero attached hydrogens (tertiary/aromatic N) is 1. The molecule has 2 aliphatic rings. The van der Waals surface area contributed by atoms with Gasteiger partial charge in [-0.1, -0.05) is 0 Å². The first-order valence-corrected chi connectivity index (χ1v) is 5.73. The number of rotatable bonds is 3. The van der Waals surface area contributed by atoms with Crippen LogP contribution in [0.3, 0.4) is 0 Å². The van der Waals surface area contributed by atoms with Crippen molar-refractivity contribution in [2.24, 2.45) is 0 Å². The molecule has 0 radical (unpaired) electrons. The third-order valence-electron chi connectivity index (χ3n) is 3.23. The van der Waals surface area contributed by atoms with E-state index < -0.39 is 0 Å². The average molecular weight is 210 g/mol. The first-order valence-electron chi connectivity index (χ1n) is 5.73. The summed E-state index contributed by atoms with van der Waals surface area (Å²) < 4.78 is 11.3. The van der Waals surface area contributed by atoms with Crippen LogP contribution in [0.1, 0.15) is 32.1 Å². The van der Waals surface area contributed by atoms with E-state index in [9.17, 15) is 0 Å². The summed E-state index contributed by atoms with van der Waals surface area (Å²) in [5.41, 5.74) is 0. The predicted molar refractivity (Wildman–Crippen MR) is 55.1 cm³/mol. The summed E-state index contributed by atoms with van der Waals surface area (Å²) in [6.07, 6.45) is 4.74. The van der Waals surface area contributed by atoms with E-state index in [1.807, 2.05) is 0 Å². The molecule has 1 N–H and O–H groups in total. The van der Waals surface area contributed by atoms with Gasteiger partial charge >= 0.3 is 0 Å². The van der Waals surface area contributed by atoms with Gasteiger partial charge in [0.25, 0.3) is 0 Å². The number of ether oxygens (including phenoxy) is 2. The van der Waals surface area contributed by atoms with Crippen molar-refractivity contribution >= 4 is 0 Å². The van der Waals surface area contributed by atoms with E-state index in [0.717, 1.165) is 45.4 Å². The highest BCUT2D eigenvalue weighted by Crippen LogP contribution is 2.35. The van der Waals surface area contributed by atoms with Gasteiger partial charge in [0.2, 0.25) is 0 Å². The van der Waals surface area contributed by atoms with Gasteiger partial charge in [-0.15, -0.1) is 0 Å². The highest BCUT2D eigenvalue weighted by atomic mass is 16.7. The fourth-order valence-corrected chi connectivity index (χ4v) is 2.38. The Kier molecular flexibility index (Phi) is 3.57. The number of hydrogen-bond donors (Lipinski definition) is 1. The van der Waals surface area contributed by atoms with Gasteiger partial charge in [0, 0.05) is 31.8 Å². The molecule has 0 atom stereocenters. The molecular formula is C11H18N2O2. The molecule has 1 heterocycles. The maximum atomic E-state index is 8.43. The van der Waals surface area contributed by atoms with Crippen molar-refractivity contribution in [1.82, 2.24) is 5.32 Å². The van der Waals surface area contributed by atoms with Gasteiger partial charge in [-0.05, 0) is 12.8 Å². The summed E-state index contributed by atoms with van der Waals surface area (Å²) in [5.74, 6) is -0.257. The third kappa shape index (κ3) is 2.69. The maximum Gasteiger partial charge on any atom is 0.168 e. The van der Waals surface area contributed by atoms with Crippen LogP contribution in [0.5, 0.6) is 0 Å². The zero-order valence-electron chi connectivity index (χ0n) is 9.00. The van der Waals surface area contributed by atoms with E-state index >= 15 is 0 Å². The topological polar surface area (TPSA) is 54.3 Å². The summed E-state index contributed by atoms with van der Waals surface area (Å²) >= 11 is 0. The van der Waals surface area contributed by atoms with E-state index in [4.69, 9.17) is 14.7 Å². The summed E-state index contributed by atoms with van der Waals surface area (Å²) in [6, 6.07) is 2.68. The minimum absolute atomic E-state index is 0.257. The largest absolute Gasteiger partial charge is 0.348 e. The first-order chi connectivity index (χ1) is 7.35. The number of hydrogen-bond acceptors (Lipinski definition) is 4. The van der Waals surface area contributed by atoms with E-state index in [1.165, 1.54) is 0 Å². The SMILES string of the molecule is N#CCCNC1CCC2(CC1)OCCO2. The van der Waals surface area contributed by atoms with Crippen LogP contribution in [0, 0.1) is 11.3 Å². The van der Waals surface area contributed by atoms with Crippen molar-refractivity contribution in [3.63, 3.8) is 0 Å². The molecule has 1 saturated heterocycles. The predicted octanol–water partition coefficient (Wildman–Crippen LogP) is 1.18. The number of nitrogens with one attached hydrogen (secondary N) is 1. The van der Waals surface area contributed by atoms with Crippen molar-refractivity contribution < 1.29 is 9.47 Å². The molecule has 1 aliphatic heterocycles. The van der Waals surface area contributed by atoms with Gasteiger partial charge in [-0.2, -0.15) is 5.26 Å². The lowest BCUT2D eigenvalue weighted by Gasteiger charge is -2.35. The van der Waals surface area contributed by atoms with Crippen LogP contribution in [0.15, 0.2) is 0 Å². The van der Waals surface area contributed by atoms with Crippen LogP contribution < -0.4 is 5.32 Å². The molecule has 1 aliphatic carbocycles. The van der Waals surface area contributed by atoms with Crippen LogP contribution in [0.4, 0.5) is 0 Å². The van der Waals surface area contributed by atoms with E-state index in [-0.39, 0.29) is 5.79 Å². The Morgan fingerprint density at radius 1 is 1.27 bits per heavy atom. The van der Waals surface area contributed by atoms with Crippen LogP contribution in [-0.2, 0) is 9.47 Å². The van der Waals surface area contributed by atoms with Crippen molar-refractivity contribution in [2.45, 2.75) is 43.9 Å². The van der Waals surface area contributed by atoms with Crippen molar-refractivity contribution in [3.8, 4) is 6.07 Å². The molecule has 2 rings (SSSR count). The van der Waals surface area contributed by atoms with E-state index in [0.29, 0.717) is 12.5 Å². The molecule has 15 heavy (non-hydrogen) atoms. The van der Waals surface area contributed by atoms with Crippen molar-refractivity contribution in [2.75, 3.05) is 19.8 Å². The first kappa shape index (κ1) is 10.9. The second-order valence-electron chi connectivity index (χ2n) is 4.24. The van der Waals surface area contributed by atoms with Gasteiger partial charge in [-0.25, -0.2) is 0 Å². The number of nitriles is 1. The molecule has 0 aromatic carbocycles. The summed E-state index contributed by atoms with van der Waals surface area (Å²) in [7, 11) is 0. The van der Waals surface area contributed by atoms with Crippen molar-refractivity contribution in [1.29, 1.82) is 5.26 Å². The summed E-state index contributed by atoms with van der Waals surface area (Å²) in [4.78, 5) is 0. The van der Waals surface area contributed by atoms with Crippen LogP contribution in [-0.4, -0.2) is 31.6 Å². The minimum Gasteiger partial charge on any atom is -0.348 e. The fourth-order valence-electron chi connectivity index (χ4n) is 2.38. The zero-order chi connectivity index (χ0) is 10.6. The second-order valence-corrected chi connectivity index (χ2v) is 4.24. The molecule has 0 aromatic rings. The highest BCUT2D eigenvalue weighted by molar-refractivity contribution is 4.86. The average Bonchev–Trinajstić information content (AvgIpc) is 2.71. The third-order valence-corrected chi connectivity index (χ3v) is 3.23. The molecule has 0 bridgehead atoms. The molecule has 2 fully saturated rings. The van der Waals surface area contributed by atoms with Crippen LogP contribution >= 0.6 is 0 Å². The molecule has 0 unspecified atom stereocenters. The minimum atomic E-state index is -0.257. The monoisotopic (exact) mass is 210 g/mol. The van der Waals surface area contributed by atoms with Crippen molar-refractivity contribution in [3.05, 3.63) is 0 Å². The molecule has 0 aromatic heterocycles. The van der Waals surface area contributed by atoms with Gasteiger partial charge in [0.05, 0.1) is 19.3 Å². The maximum absolute atomic E-state index is 8.43. The van der Waals surface area contributed by atoms with Crippen LogP contribution in [0.2, 0.25) is 0 Å².